The minimum atomic E-state index is -0.178. The van der Waals surface area contributed by atoms with Crippen molar-refractivity contribution in [2.24, 2.45) is 0 Å². The van der Waals surface area contributed by atoms with Gasteiger partial charge in [-0.25, -0.2) is 9.78 Å². The number of hydrogen-bond donors (Lipinski definition) is 1. The average Bonchev–Trinajstić information content (AvgIpc) is 3.33. The van der Waals surface area contributed by atoms with Gasteiger partial charge in [0.25, 0.3) is 0 Å². The molecule has 32 heavy (non-hydrogen) atoms. The highest BCUT2D eigenvalue weighted by Crippen LogP contribution is 2.33. The predicted molar refractivity (Wildman–Crippen MR) is 124 cm³/mol. The number of carbonyl (C=O) groups excluding carboxylic acids is 1. The standard InChI is InChI=1S/C23H25N5O3S/c29-23-25-20-3-2-19(31-11-1-8-27-9-12-30-13-10-27)14-18(20)15-28(23)21-16-32-22(26-21)17-4-6-24-7-5-17/h2-7,14,16H,1,8-13,15H2,(H,25,29). The lowest BCUT2D eigenvalue weighted by atomic mass is 10.1. The van der Waals surface area contributed by atoms with Gasteiger partial charge in [-0.2, -0.15) is 0 Å². The zero-order valence-electron chi connectivity index (χ0n) is 17.7. The highest BCUT2D eigenvalue weighted by Gasteiger charge is 2.26. The third kappa shape index (κ3) is 4.74. The third-order valence-electron chi connectivity index (χ3n) is 5.58. The van der Waals surface area contributed by atoms with Crippen LogP contribution in [0.25, 0.3) is 10.6 Å². The average molecular weight is 452 g/mol. The molecule has 0 spiro atoms. The van der Waals surface area contributed by atoms with E-state index in [0.717, 1.165) is 66.8 Å². The summed E-state index contributed by atoms with van der Waals surface area (Å²) in [6.07, 6.45) is 4.45. The van der Waals surface area contributed by atoms with Crippen LogP contribution in [0.15, 0.2) is 48.1 Å². The number of aromatic nitrogens is 2. The fraction of sp³-hybridized carbons (Fsp3) is 0.348. The minimum Gasteiger partial charge on any atom is -0.494 e. The molecule has 5 rings (SSSR count). The van der Waals surface area contributed by atoms with Gasteiger partial charge in [-0.1, -0.05) is 0 Å². The number of thiazole rings is 1. The van der Waals surface area contributed by atoms with E-state index in [1.165, 1.54) is 11.3 Å². The fourth-order valence-corrected chi connectivity index (χ4v) is 4.66. The second-order valence-corrected chi connectivity index (χ2v) is 8.60. The van der Waals surface area contributed by atoms with Crippen molar-refractivity contribution in [3.63, 3.8) is 0 Å². The number of carbonyl (C=O) groups is 1. The van der Waals surface area contributed by atoms with E-state index in [9.17, 15) is 4.79 Å². The maximum Gasteiger partial charge on any atom is 0.327 e. The van der Waals surface area contributed by atoms with Crippen molar-refractivity contribution in [3.8, 4) is 16.3 Å². The quantitative estimate of drug-likeness (QED) is 0.550. The van der Waals surface area contributed by atoms with Crippen LogP contribution >= 0.6 is 11.3 Å². The number of fused-ring (bicyclic) bond motifs is 1. The fourth-order valence-electron chi connectivity index (χ4n) is 3.84. The number of nitrogens with one attached hydrogen (secondary N) is 1. The number of urea groups is 1. The summed E-state index contributed by atoms with van der Waals surface area (Å²) >= 11 is 1.51. The second kappa shape index (κ2) is 9.64. The number of amides is 2. The first kappa shape index (κ1) is 20.9. The topological polar surface area (TPSA) is 79.8 Å². The number of morpholine rings is 1. The van der Waals surface area contributed by atoms with Crippen molar-refractivity contribution in [1.82, 2.24) is 14.9 Å². The van der Waals surface area contributed by atoms with Gasteiger partial charge in [0.2, 0.25) is 0 Å². The molecule has 3 aromatic rings. The van der Waals surface area contributed by atoms with Gasteiger partial charge in [0.1, 0.15) is 16.6 Å². The van der Waals surface area contributed by atoms with Crippen LogP contribution in [0.3, 0.4) is 0 Å². The van der Waals surface area contributed by atoms with Crippen molar-refractivity contribution in [2.45, 2.75) is 13.0 Å². The van der Waals surface area contributed by atoms with Gasteiger partial charge >= 0.3 is 6.03 Å². The molecule has 2 aromatic heterocycles. The van der Waals surface area contributed by atoms with Crippen LogP contribution in [0.1, 0.15) is 12.0 Å². The van der Waals surface area contributed by atoms with Gasteiger partial charge in [-0.15, -0.1) is 11.3 Å². The van der Waals surface area contributed by atoms with E-state index in [0.29, 0.717) is 19.0 Å². The minimum absolute atomic E-state index is 0.178. The second-order valence-electron chi connectivity index (χ2n) is 7.74. The van der Waals surface area contributed by atoms with Gasteiger partial charge in [-0.05, 0) is 42.3 Å². The van der Waals surface area contributed by atoms with E-state index in [-0.39, 0.29) is 6.03 Å². The molecule has 2 amide bonds. The SMILES string of the molecule is O=C1Nc2ccc(OCCCN3CCOCC3)cc2CN1c1csc(-c2ccncc2)n1. The van der Waals surface area contributed by atoms with E-state index in [2.05, 4.69) is 20.2 Å². The molecule has 1 N–H and O–H groups in total. The number of pyridine rings is 1. The first-order chi connectivity index (χ1) is 15.8. The van der Waals surface area contributed by atoms with Gasteiger partial charge in [0, 0.05) is 48.7 Å². The van der Waals surface area contributed by atoms with Gasteiger partial charge < -0.3 is 14.8 Å². The van der Waals surface area contributed by atoms with Gasteiger partial charge in [0.15, 0.2) is 0 Å². The Balaban J connectivity index is 1.22. The maximum atomic E-state index is 12.7. The van der Waals surface area contributed by atoms with Crippen molar-refractivity contribution < 1.29 is 14.3 Å². The van der Waals surface area contributed by atoms with Crippen LogP contribution in [0.5, 0.6) is 5.75 Å². The first-order valence-electron chi connectivity index (χ1n) is 10.8. The highest BCUT2D eigenvalue weighted by molar-refractivity contribution is 7.13. The summed E-state index contributed by atoms with van der Waals surface area (Å²) in [5.41, 5.74) is 2.81. The molecular formula is C23H25N5O3S. The molecular weight excluding hydrogens is 426 g/mol. The Hall–Kier alpha value is -3.01. The van der Waals surface area contributed by atoms with Crippen LogP contribution in [-0.4, -0.2) is 60.4 Å². The lowest BCUT2D eigenvalue weighted by Crippen LogP contribution is -2.38. The number of hydrogen-bond acceptors (Lipinski definition) is 7. The molecule has 0 atom stereocenters. The van der Waals surface area contributed by atoms with Crippen LogP contribution in [0, 0.1) is 0 Å². The molecule has 1 saturated heterocycles. The van der Waals surface area contributed by atoms with Crippen LogP contribution in [0.4, 0.5) is 16.3 Å². The maximum absolute atomic E-state index is 12.7. The summed E-state index contributed by atoms with van der Waals surface area (Å²) in [5.74, 6) is 1.46. The van der Waals surface area contributed by atoms with Crippen LogP contribution in [0.2, 0.25) is 0 Å². The lowest BCUT2D eigenvalue weighted by molar-refractivity contribution is 0.0358. The zero-order valence-corrected chi connectivity index (χ0v) is 18.5. The monoisotopic (exact) mass is 451 g/mol. The Morgan fingerprint density at radius 2 is 2.00 bits per heavy atom. The van der Waals surface area contributed by atoms with E-state index >= 15 is 0 Å². The largest absolute Gasteiger partial charge is 0.494 e. The first-order valence-corrected chi connectivity index (χ1v) is 11.6. The molecule has 9 heteroatoms. The smallest absolute Gasteiger partial charge is 0.327 e. The van der Waals surface area contributed by atoms with Gasteiger partial charge in [0.05, 0.1) is 26.4 Å². The molecule has 1 aromatic carbocycles. The molecule has 2 aliphatic heterocycles. The Bertz CT molecular complexity index is 1070. The summed E-state index contributed by atoms with van der Waals surface area (Å²) in [6.45, 7) is 5.75. The molecule has 8 nitrogen and oxygen atoms in total. The summed E-state index contributed by atoms with van der Waals surface area (Å²) < 4.78 is 11.4. The van der Waals surface area contributed by atoms with Crippen LogP contribution in [-0.2, 0) is 11.3 Å². The number of anilines is 2. The third-order valence-corrected chi connectivity index (χ3v) is 6.46. The van der Waals surface area contributed by atoms with Crippen molar-refractivity contribution in [1.29, 1.82) is 0 Å². The number of ether oxygens (including phenoxy) is 2. The molecule has 1 fully saturated rings. The molecule has 0 bridgehead atoms. The highest BCUT2D eigenvalue weighted by atomic mass is 32.1. The number of nitrogens with zero attached hydrogens (tertiary/aromatic N) is 4. The predicted octanol–water partition coefficient (Wildman–Crippen LogP) is 3.86. The normalized spacial score (nSPS) is 16.5. The molecule has 4 heterocycles. The molecule has 2 aliphatic rings. The molecule has 0 aliphatic carbocycles. The molecule has 0 saturated carbocycles. The Kier molecular flexibility index (Phi) is 6.29. The van der Waals surface area contributed by atoms with Crippen LogP contribution < -0.4 is 15.0 Å². The van der Waals surface area contributed by atoms with Crippen molar-refractivity contribution in [2.75, 3.05) is 49.7 Å². The van der Waals surface area contributed by atoms with E-state index in [4.69, 9.17) is 9.47 Å². The Labute approximate surface area is 190 Å². The van der Waals surface area contributed by atoms with Crippen molar-refractivity contribution in [3.05, 3.63) is 53.7 Å². The van der Waals surface area contributed by atoms with E-state index in [1.54, 1.807) is 17.3 Å². The summed E-state index contributed by atoms with van der Waals surface area (Å²) in [7, 11) is 0. The molecule has 166 valence electrons. The summed E-state index contributed by atoms with van der Waals surface area (Å²) in [5, 5.41) is 5.73. The Morgan fingerprint density at radius 1 is 1.16 bits per heavy atom. The van der Waals surface area contributed by atoms with E-state index in [1.807, 2.05) is 35.7 Å². The van der Waals surface area contributed by atoms with Gasteiger partial charge in [-0.3, -0.25) is 14.8 Å². The number of benzene rings is 1. The molecule has 0 unspecified atom stereocenters. The lowest BCUT2D eigenvalue weighted by Gasteiger charge is -2.28. The van der Waals surface area contributed by atoms with E-state index < -0.39 is 0 Å². The number of rotatable bonds is 7. The molecule has 0 radical (unpaired) electrons. The van der Waals surface area contributed by atoms with Crippen molar-refractivity contribution >= 4 is 28.9 Å². The summed E-state index contributed by atoms with van der Waals surface area (Å²) in [4.78, 5) is 25.4. The summed E-state index contributed by atoms with van der Waals surface area (Å²) in [6, 6.07) is 9.47. The Morgan fingerprint density at radius 3 is 2.84 bits per heavy atom. The zero-order chi connectivity index (χ0) is 21.8.